The maximum absolute atomic E-state index is 12.2. The van der Waals surface area contributed by atoms with Crippen LogP contribution < -0.4 is 20.1 Å². The summed E-state index contributed by atoms with van der Waals surface area (Å²) in [5.74, 6) is 1.37. The molecule has 0 aliphatic carbocycles. The van der Waals surface area contributed by atoms with Crippen molar-refractivity contribution in [3.8, 4) is 11.5 Å². The zero-order valence-corrected chi connectivity index (χ0v) is 17.0. The van der Waals surface area contributed by atoms with Crippen LogP contribution in [0.15, 0.2) is 42.5 Å². The molecule has 0 unspecified atom stereocenters. The van der Waals surface area contributed by atoms with Crippen LogP contribution in [0.1, 0.15) is 56.5 Å². The summed E-state index contributed by atoms with van der Waals surface area (Å²) in [7, 11) is 0. The normalized spacial score (nSPS) is 12.8. The molecule has 3 N–H and O–H groups in total. The summed E-state index contributed by atoms with van der Waals surface area (Å²) >= 11 is 0. The minimum atomic E-state index is -0.498. The third-order valence-corrected chi connectivity index (χ3v) is 4.33. The Bertz CT molecular complexity index is 760. The van der Waals surface area contributed by atoms with Gasteiger partial charge in [-0.05, 0) is 56.5 Å². The second-order valence-electron chi connectivity index (χ2n) is 6.54. The van der Waals surface area contributed by atoms with Crippen molar-refractivity contribution in [1.29, 1.82) is 0 Å². The second-order valence-corrected chi connectivity index (χ2v) is 6.54. The van der Waals surface area contributed by atoms with Crippen LogP contribution in [0, 0.1) is 0 Å². The van der Waals surface area contributed by atoms with E-state index in [1.165, 1.54) is 0 Å². The lowest BCUT2D eigenvalue weighted by molar-refractivity contribution is 0.199. The standard InChI is InChI=1S/C22H30N2O4/c1-5-27-20-12-11-19(13-21(20)28-6-2)15(3)24-22(26)23-14-17-7-9-18(10-8-17)16(4)25/h7-13,15-16,25H,5-6,14H2,1-4H3,(H2,23,24,26)/t15-,16+/m1/s1. The van der Waals surface area contributed by atoms with Gasteiger partial charge in [-0.1, -0.05) is 30.3 Å². The number of benzene rings is 2. The number of carbonyl (C=O) groups is 1. The summed E-state index contributed by atoms with van der Waals surface area (Å²) in [6, 6.07) is 12.8. The molecule has 0 aliphatic rings. The summed E-state index contributed by atoms with van der Waals surface area (Å²) in [6.45, 7) is 9.00. The van der Waals surface area contributed by atoms with Crippen LogP contribution in [0.3, 0.4) is 0 Å². The fourth-order valence-electron chi connectivity index (χ4n) is 2.76. The summed E-state index contributed by atoms with van der Waals surface area (Å²) < 4.78 is 11.2. The largest absolute Gasteiger partial charge is 0.490 e. The van der Waals surface area contributed by atoms with Gasteiger partial charge in [0.1, 0.15) is 0 Å². The molecule has 0 saturated carbocycles. The molecule has 6 heteroatoms. The lowest BCUT2D eigenvalue weighted by atomic mass is 10.1. The molecule has 0 fully saturated rings. The Balaban J connectivity index is 1.93. The minimum Gasteiger partial charge on any atom is -0.490 e. The van der Waals surface area contributed by atoms with Crippen LogP contribution in [0.5, 0.6) is 11.5 Å². The first-order valence-electron chi connectivity index (χ1n) is 9.65. The predicted octanol–water partition coefficient (Wildman–Crippen LogP) is 4.10. The molecule has 6 nitrogen and oxygen atoms in total. The maximum Gasteiger partial charge on any atom is 0.315 e. The summed E-state index contributed by atoms with van der Waals surface area (Å²) in [5, 5.41) is 15.3. The third kappa shape index (κ3) is 6.16. The third-order valence-electron chi connectivity index (χ3n) is 4.33. The molecular weight excluding hydrogens is 356 g/mol. The number of amides is 2. The lowest BCUT2D eigenvalue weighted by Crippen LogP contribution is -2.36. The zero-order chi connectivity index (χ0) is 20.5. The molecule has 0 aliphatic heterocycles. The second kappa shape index (κ2) is 10.6. The first kappa shape index (κ1) is 21.6. The van der Waals surface area contributed by atoms with E-state index < -0.39 is 6.10 Å². The Morgan fingerprint density at radius 3 is 2.18 bits per heavy atom. The maximum atomic E-state index is 12.2. The number of rotatable bonds is 9. The van der Waals surface area contributed by atoms with Gasteiger partial charge in [-0.2, -0.15) is 0 Å². The monoisotopic (exact) mass is 386 g/mol. The highest BCUT2D eigenvalue weighted by Gasteiger charge is 2.13. The van der Waals surface area contributed by atoms with Crippen LogP contribution in [0.25, 0.3) is 0 Å². The molecule has 152 valence electrons. The van der Waals surface area contributed by atoms with Gasteiger partial charge in [-0.15, -0.1) is 0 Å². The highest BCUT2D eigenvalue weighted by Crippen LogP contribution is 2.30. The molecule has 2 aromatic rings. The van der Waals surface area contributed by atoms with Gasteiger partial charge in [-0.3, -0.25) is 0 Å². The molecule has 0 radical (unpaired) electrons. The Kier molecular flexibility index (Phi) is 8.14. The number of aliphatic hydroxyl groups is 1. The van der Waals surface area contributed by atoms with E-state index in [1.807, 2.05) is 63.2 Å². The van der Waals surface area contributed by atoms with E-state index in [9.17, 15) is 9.90 Å². The summed E-state index contributed by atoms with van der Waals surface area (Å²) in [4.78, 5) is 12.2. The first-order valence-corrected chi connectivity index (χ1v) is 9.65. The molecular formula is C22H30N2O4. The molecule has 0 aromatic heterocycles. The number of urea groups is 1. The number of aliphatic hydroxyl groups excluding tert-OH is 1. The van der Waals surface area contributed by atoms with Crippen LogP contribution >= 0.6 is 0 Å². The molecule has 0 bridgehead atoms. The Hall–Kier alpha value is -2.73. The smallest absolute Gasteiger partial charge is 0.315 e. The Morgan fingerprint density at radius 1 is 0.964 bits per heavy atom. The van der Waals surface area contributed by atoms with E-state index in [-0.39, 0.29) is 12.1 Å². The van der Waals surface area contributed by atoms with Gasteiger partial charge < -0.3 is 25.2 Å². The molecule has 2 aromatic carbocycles. The number of nitrogens with one attached hydrogen (secondary N) is 2. The van der Waals surface area contributed by atoms with Crippen molar-refractivity contribution in [2.75, 3.05) is 13.2 Å². The van der Waals surface area contributed by atoms with E-state index in [4.69, 9.17) is 9.47 Å². The predicted molar refractivity (Wildman–Crippen MR) is 110 cm³/mol. The fourth-order valence-corrected chi connectivity index (χ4v) is 2.76. The molecule has 2 rings (SSSR count). The quantitative estimate of drug-likeness (QED) is 0.606. The Morgan fingerprint density at radius 2 is 1.57 bits per heavy atom. The van der Waals surface area contributed by atoms with Crippen LogP contribution in [-0.2, 0) is 6.54 Å². The van der Waals surface area contributed by atoms with E-state index in [0.717, 1.165) is 16.7 Å². The summed E-state index contributed by atoms with van der Waals surface area (Å²) in [5.41, 5.74) is 2.75. The van der Waals surface area contributed by atoms with Crippen molar-refractivity contribution >= 4 is 6.03 Å². The fraction of sp³-hybridized carbons (Fsp3) is 0.409. The topological polar surface area (TPSA) is 79.8 Å². The van der Waals surface area contributed by atoms with Crippen molar-refractivity contribution in [2.45, 2.75) is 46.4 Å². The van der Waals surface area contributed by atoms with Gasteiger partial charge in [0.2, 0.25) is 0 Å². The molecule has 2 atom stereocenters. The van der Waals surface area contributed by atoms with Crippen molar-refractivity contribution in [1.82, 2.24) is 10.6 Å². The van der Waals surface area contributed by atoms with Gasteiger partial charge in [-0.25, -0.2) is 4.79 Å². The minimum absolute atomic E-state index is 0.188. The van der Waals surface area contributed by atoms with Gasteiger partial charge >= 0.3 is 6.03 Å². The van der Waals surface area contributed by atoms with Crippen molar-refractivity contribution in [2.24, 2.45) is 0 Å². The molecule has 0 heterocycles. The van der Waals surface area contributed by atoms with E-state index in [0.29, 0.717) is 31.3 Å². The van der Waals surface area contributed by atoms with Crippen molar-refractivity contribution in [3.05, 3.63) is 59.2 Å². The number of hydrogen-bond donors (Lipinski definition) is 3. The van der Waals surface area contributed by atoms with Gasteiger partial charge in [0, 0.05) is 6.54 Å². The van der Waals surface area contributed by atoms with E-state index in [2.05, 4.69) is 10.6 Å². The van der Waals surface area contributed by atoms with Gasteiger partial charge in [0.15, 0.2) is 11.5 Å². The highest BCUT2D eigenvalue weighted by atomic mass is 16.5. The lowest BCUT2D eigenvalue weighted by Gasteiger charge is -2.18. The number of ether oxygens (including phenoxy) is 2. The molecule has 0 saturated heterocycles. The van der Waals surface area contributed by atoms with E-state index >= 15 is 0 Å². The van der Waals surface area contributed by atoms with Crippen LogP contribution in [-0.4, -0.2) is 24.4 Å². The zero-order valence-electron chi connectivity index (χ0n) is 17.0. The van der Waals surface area contributed by atoms with Gasteiger partial charge in [0.25, 0.3) is 0 Å². The average molecular weight is 386 g/mol. The van der Waals surface area contributed by atoms with Crippen molar-refractivity contribution < 1.29 is 19.4 Å². The van der Waals surface area contributed by atoms with Crippen LogP contribution in [0.4, 0.5) is 4.79 Å². The van der Waals surface area contributed by atoms with Crippen molar-refractivity contribution in [3.63, 3.8) is 0 Å². The molecule has 28 heavy (non-hydrogen) atoms. The number of carbonyl (C=O) groups excluding carboxylic acids is 1. The average Bonchev–Trinajstić information content (AvgIpc) is 2.68. The van der Waals surface area contributed by atoms with Gasteiger partial charge in [0.05, 0.1) is 25.4 Å². The number of hydrogen-bond acceptors (Lipinski definition) is 4. The van der Waals surface area contributed by atoms with Crippen LogP contribution in [0.2, 0.25) is 0 Å². The van der Waals surface area contributed by atoms with E-state index in [1.54, 1.807) is 6.92 Å². The highest BCUT2D eigenvalue weighted by molar-refractivity contribution is 5.74. The first-order chi connectivity index (χ1) is 13.4. The Labute approximate surface area is 166 Å². The molecule has 2 amide bonds. The summed E-state index contributed by atoms with van der Waals surface area (Å²) in [6.07, 6.45) is -0.498. The molecule has 0 spiro atoms. The SMILES string of the molecule is CCOc1ccc([C@@H](C)NC(=O)NCc2ccc([C@H](C)O)cc2)cc1OCC.